The van der Waals surface area contributed by atoms with E-state index in [0.29, 0.717) is 22.3 Å². The van der Waals surface area contributed by atoms with Gasteiger partial charge in [-0.3, -0.25) is 0 Å². The van der Waals surface area contributed by atoms with Crippen LogP contribution in [0.3, 0.4) is 0 Å². The molecule has 0 radical (unpaired) electrons. The van der Waals surface area contributed by atoms with E-state index in [-0.39, 0.29) is 5.97 Å². The molecule has 0 fully saturated rings. The molecule has 0 aliphatic rings. The number of carbonyl (C=O) groups excluding carboxylic acids is 1. The van der Waals surface area contributed by atoms with E-state index in [2.05, 4.69) is 22.8 Å². The minimum Gasteiger partial charge on any atom is -0.497 e. The molecule has 0 aliphatic heterocycles. The second kappa shape index (κ2) is 10.0. The highest BCUT2D eigenvalue weighted by Crippen LogP contribution is 2.31. The van der Waals surface area contributed by atoms with Crippen LogP contribution >= 0.6 is 23.6 Å². The summed E-state index contributed by atoms with van der Waals surface area (Å²) < 4.78 is 10.4. The fourth-order valence-electron chi connectivity index (χ4n) is 2.75. The molecule has 0 unspecified atom stereocenters. The number of hydrogen-bond acceptors (Lipinski definition) is 5. The maximum Gasteiger partial charge on any atom is 0.341 e. The van der Waals surface area contributed by atoms with Crippen molar-refractivity contribution in [2.75, 3.05) is 24.4 Å². The van der Waals surface area contributed by atoms with Crippen molar-refractivity contribution >= 4 is 45.3 Å². The Balaban J connectivity index is 1.78. The lowest BCUT2D eigenvalue weighted by Gasteiger charge is -2.11. The van der Waals surface area contributed by atoms with Crippen LogP contribution in [0.15, 0.2) is 60.7 Å². The Morgan fingerprint density at radius 1 is 1.07 bits per heavy atom. The third kappa shape index (κ3) is 5.79. The quantitative estimate of drug-likeness (QED) is 0.393. The summed E-state index contributed by atoms with van der Waals surface area (Å²) in [5.74, 6) is 0.362. The van der Waals surface area contributed by atoms with Crippen molar-refractivity contribution in [3.8, 4) is 5.75 Å². The van der Waals surface area contributed by atoms with Gasteiger partial charge in [-0.05, 0) is 42.9 Å². The van der Waals surface area contributed by atoms with E-state index in [1.807, 2.05) is 48.5 Å². The molecule has 150 valence electrons. The minimum atomic E-state index is -0.366. The monoisotopic (exact) mass is 426 g/mol. The number of rotatable bonds is 7. The van der Waals surface area contributed by atoms with Crippen LogP contribution in [0.4, 0.5) is 10.7 Å². The lowest BCUT2D eigenvalue weighted by molar-refractivity contribution is 0.0528. The summed E-state index contributed by atoms with van der Waals surface area (Å²) >= 11 is 6.93. The molecular formula is C22H22N2O3S2. The molecule has 0 atom stereocenters. The lowest BCUT2D eigenvalue weighted by atomic mass is 10.1. The molecule has 0 saturated carbocycles. The first kappa shape index (κ1) is 20.8. The number of thiophene rings is 1. The van der Waals surface area contributed by atoms with Gasteiger partial charge in [0.1, 0.15) is 10.8 Å². The van der Waals surface area contributed by atoms with Crippen molar-refractivity contribution in [3.63, 3.8) is 0 Å². The molecule has 3 aromatic rings. The zero-order valence-corrected chi connectivity index (χ0v) is 17.9. The van der Waals surface area contributed by atoms with Crippen LogP contribution in [0.5, 0.6) is 5.75 Å². The van der Waals surface area contributed by atoms with Gasteiger partial charge in [-0.1, -0.05) is 36.4 Å². The molecule has 2 N–H and O–H groups in total. The van der Waals surface area contributed by atoms with Crippen LogP contribution in [0.25, 0.3) is 0 Å². The third-order valence-corrected chi connectivity index (χ3v) is 5.31. The van der Waals surface area contributed by atoms with Gasteiger partial charge in [-0.15, -0.1) is 11.3 Å². The highest BCUT2D eigenvalue weighted by atomic mass is 32.1. The van der Waals surface area contributed by atoms with Gasteiger partial charge in [0.05, 0.1) is 19.3 Å². The zero-order chi connectivity index (χ0) is 20.6. The first-order chi connectivity index (χ1) is 14.1. The Morgan fingerprint density at radius 3 is 2.59 bits per heavy atom. The number of carbonyl (C=O) groups is 1. The third-order valence-electron chi connectivity index (χ3n) is 4.05. The van der Waals surface area contributed by atoms with E-state index >= 15 is 0 Å². The number of anilines is 2. The lowest BCUT2D eigenvalue weighted by Crippen LogP contribution is -2.20. The molecule has 2 aromatic carbocycles. The Bertz CT molecular complexity index is 987. The predicted octanol–water partition coefficient (Wildman–Crippen LogP) is 5.33. The molecule has 1 aromatic heterocycles. The van der Waals surface area contributed by atoms with E-state index in [4.69, 9.17) is 21.7 Å². The highest BCUT2D eigenvalue weighted by Gasteiger charge is 2.18. The summed E-state index contributed by atoms with van der Waals surface area (Å²) in [6, 6.07) is 19.4. The number of ether oxygens (including phenoxy) is 2. The summed E-state index contributed by atoms with van der Waals surface area (Å²) in [5.41, 5.74) is 2.45. The normalized spacial score (nSPS) is 10.3. The summed E-state index contributed by atoms with van der Waals surface area (Å²) in [7, 11) is 1.61. The SMILES string of the molecule is CCOC(=O)c1cc(Cc2ccccc2)sc1NC(=S)Nc1cccc(OC)c1. The summed E-state index contributed by atoms with van der Waals surface area (Å²) in [6.45, 7) is 2.10. The maximum absolute atomic E-state index is 12.4. The number of hydrogen-bond donors (Lipinski definition) is 2. The van der Waals surface area contributed by atoms with Crippen molar-refractivity contribution in [1.82, 2.24) is 0 Å². The molecule has 3 rings (SSSR count). The van der Waals surface area contributed by atoms with E-state index in [1.54, 1.807) is 14.0 Å². The second-order valence-corrected chi connectivity index (χ2v) is 7.69. The Morgan fingerprint density at radius 2 is 1.86 bits per heavy atom. The topological polar surface area (TPSA) is 59.6 Å². The van der Waals surface area contributed by atoms with Crippen molar-refractivity contribution < 1.29 is 14.3 Å². The number of methoxy groups -OCH3 is 1. The summed E-state index contributed by atoms with van der Waals surface area (Å²) in [6.07, 6.45) is 0.732. The van der Waals surface area contributed by atoms with Gasteiger partial charge in [0.15, 0.2) is 5.11 Å². The van der Waals surface area contributed by atoms with Crippen molar-refractivity contribution in [2.45, 2.75) is 13.3 Å². The second-order valence-electron chi connectivity index (χ2n) is 6.15. The molecule has 7 heteroatoms. The Kier molecular flexibility index (Phi) is 7.21. The van der Waals surface area contributed by atoms with Crippen LogP contribution in [0, 0.1) is 0 Å². The molecule has 0 bridgehead atoms. The van der Waals surface area contributed by atoms with Gasteiger partial charge in [-0.2, -0.15) is 0 Å². The number of thiocarbonyl (C=S) groups is 1. The average Bonchev–Trinajstić information content (AvgIpc) is 3.11. The fraction of sp³-hybridized carbons (Fsp3) is 0.182. The van der Waals surface area contributed by atoms with Gasteiger partial charge >= 0.3 is 5.97 Å². The average molecular weight is 427 g/mol. The smallest absolute Gasteiger partial charge is 0.341 e. The van der Waals surface area contributed by atoms with Crippen LogP contribution in [-0.2, 0) is 11.2 Å². The molecule has 0 saturated heterocycles. The molecule has 0 spiro atoms. The van der Waals surface area contributed by atoms with Gasteiger partial charge in [-0.25, -0.2) is 4.79 Å². The van der Waals surface area contributed by atoms with Crippen molar-refractivity contribution in [2.24, 2.45) is 0 Å². The van der Waals surface area contributed by atoms with Gasteiger partial charge < -0.3 is 20.1 Å². The summed E-state index contributed by atoms with van der Waals surface area (Å²) in [4.78, 5) is 13.5. The molecule has 0 aliphatic carbocycles. The maximum atomic E-state index is 12.4. The first-order valence-corrected chi connectivity index (χ1v) is 10.4. The highest BCUT2D eigenvalue weighted by molar-refractivity contribution is 7.80. The molecule has 0 amide bonds. The molecule has 29 heavy (non-hydrogen) atoms. The molecule has 5 nitrogen and oxygen atoms in total. The first-order valence-electron chi connectivity index (χ1n) is 9.15. The number of benzene rings is 2. The zero-order valence-electron chi connectivity index (χ0n) is 16.2. The van der Waals surface area contributed by atoms with Gasteiger partial charge in [0.25, 0.3) is 0 Å². The van der Waals surface area contributed by atoms with Crippen LogP contribution in [0.1, 0.15) is 27.7 Å². The number of nitrogens with one attached hydrogen (secondary N) is 2. The Labute approximate surface area is 179 Å². The summed E-state index contributed by atoms with van der Waals surface area (Å²) in [5, 5.41) is 7.30. The van der Waals surface area contributed by atoms with Crippen molar-refractivity contribution in [1.29, 1.82) is 0 Å². The Hall–Kier alpha value is -2.90. The minimum absolute atomic E-state index is 0.314. The van der Waals surface area contributed by atoms with E-state index in [9.17, 15) is 4.79 Å². The molecule has 1 heterocycles. The van der Waals surface area contributed by atoms with Crippen LogP contribution in [0.2, 0.25) is 0 Å². The number of esters is 1. The van der Waals surface area contributed by atoms with Crippen molar-refractivity contribution in [3.05, 3.63) is 76.7 Å². The van der Waals surface area contributed by atoms with E-state index < -0.39 is 0 Å². The van der Waals surface area contributed by atoms with Gasteiger partial charge in [0.2, 0.25) is 0 Å². The standard InChI is InChI=1S/C22H22N2O3S2/c1-3-27-21(25)19-14-18(12-15-8-5-4-6-9-15)29-20(19)24-22(28)23-16-10-7-11-17(13-16)26-2/h4-11,13-14H,3,12H2,1-2H3,(H2,23,24,28). The van der Waals surface area contributed by atoms with Crippen LogP contribution < -0.4 is 15.4 Å². The predicted molar refractivity (Wildman–Crippen MR) is 122 cm³/mol. The van der Waals surface area contributed by atoms with E-state index in [0.717, 1.165) is 22.7 Å². The fourth-order valence-corrected chi connectivity index (χ4v) is 4.11. The molecular weight excluding hydrogens is 404 g/mol. The largest absolute Gasteiger partial charge is 0.497 e. The van der Waals surface area contributed by atoms with Crippen LogP contribution in [-0.4, -0.2) is 24.8 Å². The van der Waals surface area contributed by atoms with Gasteiger partial charge in [0, 0.05) is 23.1 Å². The van der Waals surface area contributed by atoms with E-state index in [1.165, 1.54) is 16.9 Å².